The van der Waals surface area contributed by atoms with E-state index in [1.807, 2.05) is 4.68 Å². The van der Waals surface area contributed by atoms with Gasteiger partial charge in [-0.1, -0.05) is 18.2 Å². The number of rotatable bonds is 11. The Bertz CT molecular complexity index is 2160. The predicted molar refractivity (Wildman–Crippen MR) is 199 cm³/mol. The molecule has 2 atom stereocenters. The van der Waals surface area contributed by atoms with E-state index in [1.165, 1.54) is 26.0 Å². The van der Waals surface area contributed by atoms with Crippen molar-refractivity contribution in [1.82, 2.24) is 25.3 Å². The van der Waals surface area contributed by atoms with Gasteiger partial charge in [-0.05, 0) is 88.8 Å². The van der Waals surface area contributed by atoms with E-state index in [4.69, 9.17) is 10.8 Å². The van der Waals surface area contributed by atoms with E-state index in [9.17, 15) is 42.3 Å². The van der Waals surface area contributed by atoms with Gasteiger partial charge in [0.2, 0.25) is 17.7 Å². The molecule has 14 nitrogen and oxygen atoms in total. The van der Waals surface area contributed by atoms with Crippen molar-refractivity contribution in [3.63, 3.8) is 0 Å². The maximum Gasteiger partial charge on any atom is 0.431 e. The van der Waals surface area contributed by atoms with E-state index in [2.05, 4.69) is 16.0 Å². The second kappa shape index (κ2) is 14.8. The highest BCUT2D eigenvalue weighted by Crippen LogP contribution is 2.43. The number of aromatic nitrogens is 2. The van der Waals surface area contributed by atoms with Gasteiger partial charge in [0, 0.05) is 48.0 Å². The molecule has 4 aliphatic rings. The fourth-order valence-corrected chi connectivity index (χ4v) is 8.12. The molecule has 3 aliphatic heterocycles. The molecular weight excluding hydrogens is 733 g/mol. The number of imide groups is 2. The van der Waals surface area contributed by atoms with Crippen LogP contribution in [0.15, 0.2) is 60.5 Å². The lowest BCUT2D eigenvalue weighted by molar-refractivity contribution is -0.136. The first-order valence-corrected chi connectivity index (χ1v) is 18.6. The van der Waals surface area contributed by atoms with Crippen LogP contribution in [0.25, 0.3) is 10.9 Å². The number of hydrogen-bond donors (Lipinski definition) is 5. The van der Waals surface area contributed by atoms with Crippen molar-refractivity contribution >= 4 is 51.8 Å². The topological polar surface area (TPSA) is 192 Å². The van der Waals surface area contributed by atoms with Gasteiger partial charge < -0.3 is 26.4 Å². The van der Waals surface area contributed by atoms with Crippen LogP contribution >= 0.6 is 0 Å². The lowest BCUT2D eigenvalue weighted by Gasteiger charge is -2.37. The van der Waals surface area contributed by atoms with E-state index in [0.717, 1.165) is 54.2 Å². The molecule has 1 saturated carbocycles. The van der Waals surface area contributed by atoms with Crippen LogP contribution in [-0.4, -0.2) is 87.2 Å². The van der Waals surface area contributed by atoms with Crippen LogP contribution < -0.4 is 26.6 Å². The number of halogens is 3. The van der Waals surface area contributed by atoms with Crippen LogP contribution in [0.2, 0.25) is 0 Å². The van der Waals surface area contributed by atoms with E-state index in [0.29, 0.717) is 35.6 Å². The molecule has 7 rings (SSSR count). The maximum absolute atomic E-state index is 14.3. The Balaban J connectivity index is 0.958. The zero-order valence-electron chi connectivity index (χ0n) is 30.9. The molecular formula is C39H43F3N8O6. The van der Waals surface area contributed by atoms with Crippen molar-refractivity contribution in [2.75, 3.05) is 29.9 Å². The molecule has 2 unspecified atom stereocenters. The molecule has 0 spiro atoms. The van der Waals surface area contributed by atoms with Crippen LogP contribution in [0.5, 0.6) is 0 Å². The number of primary amides is 1. The first kappa shape index (κ1) is 38.7. The largest absolute Gasteiger partial charge is 0.431 e. The molecule has 1 aliphatic carbocycles. The summed E-state index contributed by atoms with van der Waals surface area (Å²) in [7, 11) is 0. The average Bonchev–Trinajstić information content (AvgIpc) is 3.68. The zero-order valence-corrected chi connectivity index (χ0v) is 30.9. The Morgan fingerprint density at radius 1 is 1.02 bits per heavy atom. The van der Waals surface area contributed by atoms with Crippen molar-refractivity contribution in [2.45, 2.75) is 82.3 Å². The fraction of sp³-hybridized carbons (Fsp3) is 0.436. The monoisotopic (exact) mass is 776 g/mol. The molecule has 296 valence electrons. The number of allylic oxidation sites excluding steroid dienone is 3. The molecule has 6 N–H and O–H groups in total. The third-order valence-corrected chi connectivity index (χ3v) is 10.9. The van der Waals surface area contributed by atoms with Crippen LogP contribution in [0, 0.1) is 5.92 Å². The number of nitrogens with two attached hydrogens (primary N) is 1. The Kier molecular flexibility index (Phi) is 10.3. The minimum atomic E-state index is -4.80. The number of piperidine rings is 1. The van der Waals surface area contributed by atoms with Crippen molar-refractivity contribution in [3.05, 3.63) is 77.1 Å². The first-order chi connectivity index (χ1) is 26.5. The number of carbonyl (C=O) groups excluding carboxylic acids is 5. The Labute approximate surface area is 319 Å². The molecule has 0 radical (unpaired) electrons. The third-order valence-electron chi connectivity index (χ3n) is 10.9. The van der Waals surface area contributed by atoms with Gasteiger partial charge in [-0.25, -0.2) is 0 Å². The molecule has 17 heteroatoms. The van der Waals surface area contributed by atoms with Crippen LogP contribution in [-0.2, 0) is 20.0 Å². The number of alkyl halides is 3. The summed E-state index contributed by atoms with van der Waals surface area (Å²) in [6.45, 7) is 4.72. The minimum absolute atomic E-state index is 0.0106. The van der Waals surface area contributed by atoms with E-state index >= 15 is 0 Å². The maximum atomic E-state index is 14.3. The van der Waals surface area contributed by atoms with Crippen molar-refractivity contribution < 1.29 is 42.3 Å². The van der Waals surface area contributed by atoms with Gasteiger partial charge in [-0.3, -0.25) is 38.9 Å². The van der Waals surface area contributed by atoms with Crippen molar-refractivity contribution in [3.8, 4) is 0 Å². The lowest BCUT2D eigenvalue weighted by atomic mass is 9.86. The Morgan fingerprint density at radius 2 is 1.77 bits per heavy atom. The standard InChI is InChI=1S/C39H43F3N8O6/c1-38(2,56)25-18-27-22(17-30(25)49-28(34(43)52)7-4-8-31(49)39(40,41)42)20-48(47-27)23-11-9-21(10-12-23)19-44-15-16-45-26-6-3-5-24-33(26)37(55)50(36(24)54)29-13-14-32(51)46-35(29)53/h3-8,17-18,20-21,23,28-29,44-45,56H,9-16,19H2,1-2H3,(H2,43,52)(H,46,51,53). The van der Waals surface area contributed by atoms with Gasteiger partial charge in [-0.15, -0.1) is 0 Å². The van der Waals surface area contributed by atoms with Gasteiger partial charge in [0.15, 0.2) is 0 Å². The van der Waals surface area contributed by atoms with Crippen LogP contribution in [0.3, 0.4) is 0 Å². The number of amides is 5. The third kappa shape index (κ3) is 7.40. The summed E-state index contributed by atoms with van der Waals surface area (Å²) < 4.78 is 44.6. The number of fused-ring (bicyclic) bond motifs is 2. The minimum Gasteiger partial charge on any atom is -0.386 e. The summed E-state index contributed by atoms with van der Waals surface area (Å²) in [4.78, 5) is 64.6. The number of aliphatic hydroxyl groups is 1. The predicted octanol–water partition coefficient (Wildman–Crippen LogP) is 3.77. The summed E-state index contributed by atoms with van der Waals surface area (Å²) in [5, 5.41) is 25.3. The van der Waals surface area contributed by atoms with Gasteiger partial charge in [0.1, 0.15) is 17.8 Å². The summed E-state index contributed by atoms with van der Waals surface area (Å²) >= 11 is 0. The quantitative estimate of drug-likeness (QED) is 0.142. The zero-order chi connectivity index (χ0) is 40.1. The smallest absolute Gasteiger partial charge is 0.386 e. The van der Waals surface area contributed by atoms with Gasteiger partial charge >= 0.3 is 6.18 Å². The molecule has 3 aromatic rings. The summed E-state index contributed by atoms with van der Waals surface area (Å²) in [5.74, 6) is -2.81. The highest BCUT2D eigenvalue weighted by Gasteiger charge is 2.46. The Morgan fingerprint density at radius 3 is 2.45 bits per heavy atom. The summed E-state index contributed by atoms with van der Waals surface area (Å²) in [6, 6.07) is 5.63. The van der Waals surface area contributed by atoms with E-state index < -0.39 is 59.1 Å². The van der Waals surface area contributed by atoms with Crippen LogP contribution in [0.4, 0.5) is 24.5 Å². The molecule has 2 aromatic carbocycles. The number of benzene rings is 2. The number of hydrogen-bond acceptors (Lipinski definition) is 10. The van der Waals surface area contributed by atoms with Crippen molar-refractivity contribution in [2.24, 2.45) is 11.7 Å². The summed E-state index contributed by atoms with van der Waals surface area (Å²) in [5.41, 5.74) is 4.50. The van der Waals surface area contributed by atoms with Gasteiger partial charge in [0.25, 0.3) is 11.8 Å². The normalized spacial score (nSPS) is 23.1. The molecule has 4 heterocycles. The van der Waals surface area contributed by atoms with Crippen molar-refractivity contribution in [1.29, 1.82) is 0 Å². The molecule has 5 amide bonds. The second-order valence-electron chi connectivity index (χ2n) is 15.2. The number of carbonyl (C=O) groups is 5. The Hall–Kier alpha value is -5.55. The average molecular weight is 777 g/mol. The molecule has 1 saturated heterocycles. The lowest BCUT2D eigenvalue weighted by Crippen LogP contribution is -2.54. The number of nitrogens with zero attached hydrogens (tertiary/aromatic N) is 4. The number of nitrogens with one attached hydrogen (secondary N) is 3. The molecule has 0 bridgehead atoms. The van der Waals surface area contributed by atoms with E-state index in [1.54, 1.807) is 30.5 Å². The highest BCUT2D eigenvalue weighted by molar-refractivity contribution is 6.25. The fourth-order valence-electron chi connectivity index (χ4n) is 8.12. The second-order valence-corrected chi connectivity index (χ2v) is 15.2. The van der Waals surface area contributed by atoms with Crippen LogP contribution in [0.1, 0.15) is 84.7 Å². The van der Waals surface area contributed by atoms with Gasteiger partial charge in [-0.2, -0.15) is 18.3 Å². The highest BCUT2D eigenvalue weighted by atomic mass is 19.4. The molecule has 56 heavy (non-hydrogen) atoms. The SMILES string of the molecule is CC(C)(O)c1cc2nn(C3CCC(CNCCNc4cccc5c4C(=O)N(C4CCC(=O)NC4=O)C5=O)CC3)cc2cc1N1C(C(F)(F)F)=CC=CC1C(N)=O. The first-order valence-electron chi connectivity index (χ1n) is 18.6. The van der Waals surface area contributed by atoms with Gasteiger partial charge in [0.05, 0.1) is 28.3 Å². The number of anilines is 2. The molecule has 2 fully saturated rings. The molecule has 1 aromatic heterocycles. The summed E-state index contributed by atoms with van der Waals surface area (Å²) in [6.07, 6.45) is 3.90. The van der Waals surface area contributed by atoms with E-state index in [-0.39, 0.29) is 41.3 Å².